The van der Waals surface area contributed by atoms with Crippen LogP contribution in [0.15, 0.2) is 72.8 Å². The lowest BCUT2D eigenvalue weighted by atomic mass is 9.66. The number of aliphatic hydroxyl groups is 1. The van der Waals surface area contributed by atoms with Gasteiger partial charge in [0.15, 0.2) is 5.72 Å². The molecule has 2 fully saturated rings. The molecule has 1 saturated heterocycles. The van der Waals surface area contributed by atoms with Gasteiger partial charge in [-0.25, -0.2) is 4.79 Å². The summed E-state index contributed by atoms with van der Waals surface area (Å²) >= 11 is 12.2. The smallest absolute Gasteiger partial charge is 0.332 e. The molecule has 0 radical (unpaired) electrons. The van der Waals surface area contributed by atoms with Crippen molar-refractivity contribution in [3.8, 4) is 6.07 Å². The number of carbonyl (C=O) groups excluding carboxylic acids is 1. The van der Waals surface area contributed by atoms with Gasteiger partial charge >= 0.3 is 6.03 Å². The summed E-state index contributed by atoms with van der Waals surface area (Å²) in [6.07, 6.45) is 2.09. The van der Waals surface area contributed by atoms with Crippen molar-refractivity contribution in [2.75, 3.05) is 9.80 Å². The third-order valence-electron chi connectivity index (χ3n) is 6.53. The number of halogens is 2. The molecule has 160 valence electrons. The number of hydrogen-bond donors (Lipinski definition) is 1. The van der Waals surface area contributed by atoms with Crippen LogP contribution in [0.25, 0.3) is 0 Å². The first-order chi connectivity index (χ1) is 15.4. The zero-order valence-corrected chi connectivity index (χ0v) is 18.5. The number of nitrogens with zero attached hydrogens (tertiary/aromatic N) is 3. The van der Waals surface area contributed by atoms with Crippen LogP contribution in [0.3, 0.4) is 0 Å². The van der Waals surface area contributed by atoms with E-state index in [0.29, 0.717) is 45.4 Å². The van der Waals surface area contributed by atoms with Crippen LogP contribution in [-0.4, -0.2) is 16.7 Å². The fraction of sp³-hybridized carbons (Fsp3) is 0.200. The molecule has 1 atom stereocenters. The lowest BCUT2D eigenvalue weighted by Gasteiger charge is -2.52. The number of carbonyl (C=O) groups is 1. The summed E-state index contributed by atoms with van der Waals surface area (Å²) in [4.78, 5) is 17.1. The number of hydrogen-bond acceptors (Lipinski definition) is 3. The van der Waals surface area contributed by atoms with Crippen LogP contribution < -0.4 is 9.80 Å². The molecular weight excluding hydrogens is 445 g/mol. The normalized spacial score (nSPS) is 21.5. The van der Waals surface area contributed by atoms with E-state index in [1.54, 1.807) is 77.7 Å². The SMILES string of the molecule is N#Cc1cccc(C2(O)N(c3ccc(Cl)cc3)C(=O)N(c3ccc(Cl)cc3)C23CCC3)c1. The van der Waals surface area contributed by atoms with E-state index in [1.165, 1.54) is 4.90 Å². The quantitative estimate of drug-likeness (QED) is 0.511. The van der Waals surface area contributed by atoms with E-state index in [2.05, 4.69) is 6.07 Å². The first kappa shape index (κ1) is 20.8. The summed E-state index contributed by atoms with van der Waals surface area (Å²) in [5.74, 6) is 0. The van der Waals surface area contributed by atoms with Gasteiger partial charge in [0.25, 0.3) is 0 Å². The summed E-state index contributed by atoms with van der Waals surface area (Å²) in [5.41, 5.74) is -0.499. The maximum absolute atomic E-state index is 14.0. The van der Waals surface area contributed by atoms with Crippen molar-refractivity contribution in [2.45, 2.75) is 30.5 Å². The Morgan fingerprint density at radius 2 is 1.44 bits per heavy atom. The highest BCUT2D eigenvalue weighted by Gasteiger charge is 2.70. The average Bonchev–Trinajstić information content (AvgIpc) is 3.00. The predicted octanol–water partition coefficient (Wildman–Crippen LogP) is 6.08. The minimum absolute atomic E-state index is 0.348. The van der Waals surface area contributed by atoms with E-state index >= 15 is 0 Å². The number of urea groups is 1. The Bertz CT molecular complexity index is 1230. The minimum atomic E-state index is -1.69. The molecule has 1 aliphatic carbocycles. The van der Waals surface area contributed by atoms with E-state index < -0.39 is 11.3 Å². The largest absolute Gasteiger partial charge is 0.364 e. The first-order valence-electron chi connectivity index (χ1n) is 10.3. The molecule has 0 bridgehead atoms. The summed E-state index contributed by atoms with van der Waals surface area (Å²) in [7, 11) is 0. The van der Waals surface area contributed by atoms with Crippen molar-refractivity contribution in [3.63, 3.8) is 0 Å². The molecular formula is C25H19Cl2N3O2. The van der Waals surface area contributed by atoms with E-state index in [-0.39, 0.29) is 6.03 Å². The van der Waals surface area contributed by atoms with Gasteiger partial charge in [0.1, 0.15) is 5.54 Å². The molecule has 2 aliphatic rings. The Hall–Kier alpha value is -3.04. The highest BCUT2D eigenvalue weighted by molar-refractivity contribution is 6.31. The lowest BCUT2D eigenvalue weighted by molar-refractivity contribution is -0.0524. The van der Waals surface area contributed by atoms with Gasteiger partial charge < -0.3 is 5.11 Å². The Kier molecular flexibility index (Phi) is 4.90. The maximum Gasteiger partial charge on any atom is 0.332 e. The van der Waals surface area contributed by atoms with E-state index in [1.807, 2.05) is 0 Å². The maximum atomic E-state index is 14.0. The molecule has 1 spiro atoms. The van der Waals surface area contributed by atoms with Gasteiger partial charge in [-0.15, -0.1) is 0 Å². The predicted molar refractivity (Wildman–Crippen MR) is 125 cm³/mol. The molecule has 3 aromatic carbocycles. The van der Waals surface area contributed by atoms with Crippen molar-refractivity contribution < 1.29 is 9.90 Å². The summed E-state index contributed by atoms with van der Waals surface area (Å²) in [6, 6.07) is 22.5. The Morgan fingerprint density at radius 1 is 0.875 bits per heavy atom. The van der Waals surface area contributed by atoms with Gasteiger partial charge in [0.05, 0.1) is 11.6 Å². The third-order valence-corrected chi connectivity index (χ3v) is 7.03. The Balaban J connectivity index is 1.77. The number of nitriles is 1. The van der Waals surface area contributed by atoms with Crippen LogP contribution in [-0.2, 0) is 5.72 Å². The molecule has 3 aromatic rings. The minimum Gasteiger partial charge on any atom is -0.364 e. The third kappa shape index (κ3) is 2.84. The fourth-order valence-electron chi connectivity index (χ4n) is 4.91. The van der Waals surface area contributed by atoms with Crippen molar-refractivity contribution in [1.82, 2.24) is 0 Å². The van der Waals surface area contributed by atoms with Crippen molar-refractivity contribution >= 4 is 40.6 Å². The second kappa shape index (κ2) is 7.53. The molecule has 0 aromatic heterocycles. The van der Waals surface area contributed by atoms with E-state index in [0.717, 1.165) is 6.42 Å². The molecule has 7 heteroatoms. The number of rotatable bonds is 3. The van der Waals surface area contributed by atoms with E-state index in [4.69, 9.17) is 23.2 Å². The number of benzene rings is 3. The molecule has 1 unspecified atom stereocenters. The molecule has 1 N–H and O–H groups in total. The molecule has 1 aliphatic heterocycles. The van der Waals surface area contributed by atoms with E-state index in [9.17, 15) is 15.2 Å². The fourth-order valence-corrected chi connectivity index (χ4v) is 5.16. The van der Waals surface area contributed by atoms with Crippen molar-refractivity contribution in [3.05, 3.63) is 94.0 Å². The van der Waals surface area contributed by atoms with Gasteiger partial charge in [-0.3, -0.25) is 9.80 Å². The molecule has 32 heavy (non-hydrogen) atoms. The second-order valence-electron chi connectivity index (χ2n) is 8.16. The Morgan fingerprint density at radius 3 is 1.94 bits per heavy atom. The van der Waals surface area contributed by atoms with Gasteiger partial charge in [-0.2, -0.15) is 5.26 Å². The van der Waals surface area contributed by atoms with Crippen LogP contribution in [0.4, 0.5) is 16.2 Å². The Labute approximate surface area is 196 Å². The van der Waals surface area contributed by atoms with Gasteiger partial charge in [-0.1, -0.05) is 35.3 Å². The van der Waals surface area contributed by atoms with Gasteiger partial charge in [-0.05, 0) is 79.9 Å². The lowest BCUT2D eigenvalue weighted by Crippen LogP contribution is -2.63. The van der Waals surface area contributed by atoms with Crippen LogP contribution in [0.1, 0.15) is 30.4 Å². The topological polar surface area (TPSA) is 67.6 Å². The van der Waals surface area contributed by atoms with Crippen LogP contribution in [0, 0.1) is 11.3 Å². The monoisotopic (exact) mass is 463 g/mol. The van der Waals surface area contributed by atoms with Crippen molar-refractivity contribution in [2.24, 2.45) is 0 Å². The second-order valence-corrected chi connectivity index (χ2v) is 9.03. The zero-order chi connectivity index (χ0) is 22.5. The number of anilines is 2. The molecule has 2 amide bonds. The highest BCUT2D eigenvalue weighted by Crippen LogP contribution is 2.59. The summed E-state index contributed by atoms with van der Waals surface area (Å²) in [5, 5.41) is 23.0. The van der Waals surface area contributed by atoms with Gasteiger partial charge in [0.2, 0.25) is 0 Å². The van der Waals surface area contributed by atoms with Crippen LogP contribution >= 0.6 is 23.2 Å². The highest BCUT2D eigenvalue weighted by atomic mass is 35.5. The zero-order valence-electron chi connectivity index (χ0n) is 17.0. The first-order valence-corrected chi connectivity index (χ1v) is 11.0. The van der Waals surface area contributed by atoms with Crippen molar-refractivity contribution in [1.29, 1.82) is 5.26 Å². The summed E-state index contributed by atoms with van der Waals surface area (Å²) < 4.78 is 0. The van der Waals surface area contributed by atoms with Crippen LogP contribution in [0.5, 0.6) is 0 Å². The molecule has 1 heterocycles. The average molecular weight is 464 g/mol. The standard InChI is InChI=1S/C25H19Cl2N3O2/c26-19-5-9-21(10-6-19)29-23(31)30(22-11-7-20(27)8-12-22)25(32,24(29)13-2-14-24)18-4-1-3-17(15-18)16-28/h1,3-12,15,32H,2,13-14H2. The molecule has 5 nitrogen and oxygen atoms in total. The molecule has 5 rings (SSSR count). The molecule has 1 saturated carbocycles. The van der Waals surface area contributed by atoms with Gasteiger partial charge in [0, 0.05) is 27.0 Å². The van der Waals surface area contributed by atoms with Crippen LogP contribution in [0.2, 0.25) is 10.0 Å². The summed E-state index contributed by atoms with van der Waals surface area (Å²) in [6.45, 7) is 0. The number of amides is 2.